The van der Waals surface area contributed by atoms with Gasteiger partial charge in [-0.1, -0.05) is 0 Å². The van der Waals surface area contributed by atoms with E-state index >= 15 is 0 Å². The van der Waals surface area contributed by atoms with Crippen LogP contribution >= 0.6 is 0 Å². The molecular weight excluding hydrogens is 244 g/mol. The zero-order valence-corrected chi connectivity index (χ0v) is 12.1. The number of piperidine rings is 1. The number of carboxylic acid groups (broad SMARTS) is 1. The Kier molecular flexibility index (Phi) is 3.74. The number of nitrogens with zero attached hydrogens (tertiary/aromatic N) is 2. The second-order valence-corrected chi connectivity index (χ2v) is 6.32. The van der Waals surface area contributed by atoms with Crippen LogP contribution in [0.15, 0.2) is 0 Å². The van der Waals surface area contributed by atoms with Crippen molar-refractivity contribution in [3.05, 3.63) is 0 Å². The van der Waals surface area contributed by atoms with Crippen molar-refractivity contribution in [1.29, 1.82) is 0 Å². The molecule has 2 aliphatic rings. The molecule has 0 aromatic carbocycles. The van der Waals surface area contributed by atoms with Crippen LogP contribution in [0.2, 0.25) is 0 Å². The lowest BCUT2D eigenvalue weighted by Crippen LogP contribution is -2.51. The Morgan fingerprint density at radius 1 is 1.32 bits per heavy atom. The number of hydrogen-bond donors (Lipinski definition) is 1. The molecule has 1 atom stereocenters. The predicted octanol–water partition coefficient (Wildman–Crippen LogP) is 2.02. The molecule has 1 saturated heterocycles. The third-order valence-corrected chi connectivity index (χ3v) is 4.87. The normalized spacial score (nSPS) is 23.8. The highest BCUT2D eigenvalue weighted by molar-refractivity contribution is 5.77. The van der Waals surface area contributed by atoms with Crippen LogP contribution in [0.3, 0.4) is 0 Å². The van der Waals surface area contributed by atoms with Gasteiger partial charge in [0.2, 0.25) is 0 Å². The quantitative estimate of drug-likeness (QED) is 0.852. The van der Waals surface area contributed by atoms with Gasteiger partial charge in [-0.25, -0.2) is 4.79 Å². The molecule has 19 heavy (non-hydrogen) atoms. The van der Waals surface area contributed by atoms with Crippen molar-refractivity contribution in [1.82, 2.24) is 9.80 Å². The maximum absolute atomic E-state index is 12.4. The van der Waals surface area contributed by atoms with Crippen molar-refractivity contribution >= 4 is 12.0 Å². The first-order valence-electron chi connectivity index (χ1n) is 7.10. The Hall–Kier alpha value is -1.26. The van der Waals surface area contributed by atoms with Crippen molar-refractivity contribution < 1.29 is 14.7 Å². The molecule has 1 aliphatic heterocycles. The van der Waals surface area contributed by atoms with Crippen molar-refractivity contribution in [2.75, 3.05) is 20.1 Å². The van der Waals surface area contributed by atoms with Crippen molar-refractivity contribution in [3.8, 4) is 0 Å². The van der Waals surface area contributed by atoms with Gasteiger partial charge < -0.3 is 14.9 Å². The summed E-state index contributed by atoms with van der Waals surface area (Å²) < 4.78 is 0. The van der Waals surface area contributed by atoms with Crippen molar-refractivity contribution in [2.24, 2.45) is 11.3 Å². The molecule has 0 aromatic rings. The van der Waals surface area contributed by atoms with Gasteiger partial charge in [0.25, 0.3) is 0 Å². The number of carbonyl (C=O) groups is 2. The first-order valence-corrected chi connectivity index (χ1v) is 7.10. The average molecular weight is 268 g/mol. The van der Waals surface area contributed by atoms with E-state index in [0.717, 1.165) is 0 Å². The van der Waals surface area contributed by atoms with Crippen LogP contribution in [0.4, 0.5) is 4.79 Å². The molecule has 1 saturated carbocycles. The van der Waals surface area contributed by atoms with Crippen LogP contribution in [0, 0.1) is 11.3 Å². The van der Waals surface area contributed by atoms with Crippen molar-refractivity contribution in [3.63, 3.8) is 0 Å². The van der Waals surface area contributed by atoms with Crippen LogP contribution in [0.5, 0.6) is 0 Å². The zero-order chi connectivity index (χ0) is 14.2. The van der Waals surface area contributed by atoms with E-state index in [9.17, 15) is 14.7 Å². The smallest absolute Gasteiger partial charge is 0.319 e. The van der Waals surface area contributed by atoms with Crippen LogP contribution < -0.4 is 0 Å². The summed E-state index contributed by atoms with van der Waals surface area (Å²) in [5.41, 5.74) is -0.669. The van der Waals surface area contributed by atoms with E-state index in [0.29, 0.717) is 37.9 Å². The Morgan fingerprint density at radius 3 is 2.26 bits per heavy atom. The summed E-state index contributed by atoms with van der Waals surface area (Å²) in [6.07, 6.45) is 3.52. The first-order chi connectivity index (χ1) is 8.85. The molecule has 108 valence electrons. The molecule has 2 amide bonds. The summed E-state index contributed by atoms with van der Waals surface area (Å²) >= 11 is 0. The largest absolute Gasteiger partial charge is 0.481 e. The number of aliphatic carboxylic acids is 1. The SMILES string of the molecule is CC(C1CC1)N(C)C(=O)N1CCC(C)(C(=O)O)CC1. The number of amides is 2. The van der Waals surface area contributed by atoms with Gasteiger partial charge in [-0.3, -0.25) is 4.79 Å². The molecule has 2 fully saturated rings. The highest BCUT2D eigenvalue weighted by atomic mass is 16.4. The summed E-state index contributed by atoms with van der Waals surface area (Å²) in [5.74, 6) is -0.0951. The number of hydrogen-bond acceptors (Lipinski definition) is 2. The fraction of sp³-hybridized carbons (Fsp3) is 0.857. The third-order valence-electron chi connectivity index (χ3n) is 4.87. The average Bonchev–Trinajstić information content (AvgIpc) is 3.21. The second-order valence-electron chi connectivity index (χ2n) is 6.32. The van der Waals surface area contributed by atoms with Crippen LogP contribution in [-0.4, -0.2) is 53.1 Å². The van der Waals surface area contributed by atoms with E-state index in [-0.39, 0.29) is 6.03 Å². The number of urea groups is 1. The van der Waals surface area contributed by atoms with Gasteiger partial charge in [0.05, 0.1) is 5.41 Å². The number of carbonyl (C=O) groups excluding carboxylic acids is 1. The summed E-state index contributed by atoms with van der Waals surface area (Å²) in [6.45, 7) is 4.96. The molecule has 0 radical (unpaired) electrons. The van der Waals surface area contributed by atoms with E-state index in [1.54, 1.807) is 11.8 Å². The molecule has 1 heterocycles. The molecule has 1 N–H and O–H groups in total. The Balaban J connectivity index is 1.90. The molecular formula is C14H24N2O3. The maximum atomic E-state index is 12.4. The van der Waals surface area contributed by atoms with Gasteiger partial charge in [-0.2, -0.15) is 0 Å². The Bertz CT molecular complexity index is 371. The minimum atomic E-state index is -0.751. The molecule has 2 rings (SSSR count). The van der Waals surface area contributed by atoms with E-state index in [4.69, 9.17) is 0 Å². The van der Waals surface area contributed by atoms with Crippen LogP contribution in [0.25, 0.3) is 0 Å². The second kappa shape index (κ2) is 5.02. The van der Waals surface area contributed by atoms with E-state index in [1.807, 2.05) is 11.9 Å². The Morgan fingerprint density at radius 2 is 1.84 bits per heavy atom. The number of rotatable bonds is 3. The van der Waals surface area contributed by atoms with Gasteiger partial charge in [-0.05, 0) is 45.4 Å². The Labute approximate surface area is 114 Å². The molecule has 1 unspecified atom stereocenters. The standard InChI is InChI=1S/C14H24N2O3/c1-10(11-4-5-11)15(3)13(19)16-8-6-14(2,7-9-16)12(17)18/h10-11H,4-9H2,1-3H3,(H,17,18). The lowest BCUT2D eigenvalue weighted by molar-refractivity contribution is -0.150. The van der Waals surface area contributed by atoms with Gasteiger partial charge in [-0.15, -0.1) is 0 Å². The molecule has 0 spiro atoms. The molecule has 0 aromatic heterocycles. The zero-order valence-electron chi connectivity index (χ0n) is 12.1. The van der Waals surface area contributed by atoms with Crippen LogP contribution in [-0.2, 0) is 4.79 Å². The fourth-order valence-corrected chi connectivity index (χ4v) is 2.70. The predicted molar refractivity (Wildman–Crippen MR) is 71.9 cm³/mol. The van der Waals surface area contributed by atoms with Gasteiger partial charge >= 0.3 is 12.0 Å². The fourth-order valence-electron chi connectivity index (χ4n) is 2.70. The summed E-state index contributed by atoms with van der Waals surface area (Å²) in [6, 6.07) is 0.340. The van der Waals surface area contributed by atoms with Gasteiger partial charge in [0.1, 0.15) is 0 Å². The summed E-state index contributed by atoms with van der Waals surface area (Å²) in [4.78, 5) is 27.2. The minimum absolute atomic E-state index is 0.0480. The highest BCUT2D eigenvalue weighted by Crippen LogP contribution is 2.36. The molecule has 1 aliphatic carbocycles. The number of carboxylic acids is 1. The highest BCUT2D eigenvalue weighted by Gasteiger charge is 2.40. The summed E-state index contributed by atoms with van der Waals surface area (Å²) in [7, 11) is 1.86. The summed E-state index contributed by atoms with van der Waals surface area (Å²) in [5, 5.41) is 9.19. The van der Waals surface area contributed by atoms with E-state index in [1.165, 1.54) is 12.8 Å². The molecule has 5 nitrogen and oxygen atoms in total. The van der Waals surface area contributed by atoms with Crippen LogP contribution in [0.1, 0.15) is 39.5 Å². The first kappa shape index (κ1) is 14.2. The molecule has 5 heteroatoms. The molecule has 0 bridgehead atoms. The monoisotopic (exact) mass is 268 g/mol. The number of likely N-dealkylation sites (tertiary alicyclic amines) is 1. The lowest BCUT2D eigenvalue weighted by atomic mass is 9.80. The van der Waals surface area contributed by atoms with E-state index < -0.39 is 11.4 Å². The topological polar surface area (TPSA) is 60.9 Å². The maximum Gasteiger partial charge on any atom is 0.319 e. The van der Waals surface area contributed by atoms with Gasteiger partial charge in [0, 0.05) is 26.2 Å². The van der Waals surface area contributed by atoms with E-state index in [2.05, 4.69) is 6.92 Å². The van der Waals surface area contributed by atoms with Gasteiger partial charge in [0.15, 0.2) is 0 Å². The third kappa shape index (κ3) is 2.85. The lowest BCUT2D eigenvalue weighted by Gasteiger charge is -2.39. The van der Waals surface area contributed by atoms with Crippen molar-refractivity contribution in [2.45, 2.75) is 45.6 Å². The minimum Gasteiger partial charge on any atom is -0.481 e.